The van der Waals surface area contributed by atoms with Gasteiger partial charge in [-0.15, -0.1) is 0 Å². The third-order valence-electron chi connectivity index (χ3n) is 5.75. The molecule has 0 bridgehead atoms. The molecule has 2 aromatic rings. The molecule has 2 heterocycles. The van der Waals surface area contributed by atoms with E-state index in [1.54, 1.807) is 29.4 Å². The van der Waals surface area contributed by atoms with Crippen LogP contribution in [0.2, 0.25) is 0 Å². The van der Waals surface area contributed by atoms with E-state index in [-0.39, 0.29) is 11.3 Å². The van der Waals surface area contributed by atoms with Gasteiger partial charge in [0.1, 0.15) is 5.76 Å². The summed E-state index contributed by atoms with van der Waals surface area (Å²) in [5.41, 5.74) is 2.60. The van der Waals surface area contributed by atoms with Crippen molar-refractivity contribution in [2.24, 2.45) is 0 Å². The van der Waals surface area contributed by atoms with E-state index in [0.29, 0.717) is 18.7 Å². The Balaban J connectivity index is 2.07. The molecule has 158 valence electrons. The number of carbonyl (C=O) groups excluding carboxylic acids is 2. The monoisotopic (exact) mass is 407 g/mol. The van der Waals surface area contributed by atoms with Gasteiger partial charge in [-0.1, -0.05) is 45.0 Å². The molecular formula is C24H29N3O3. The van der Waals surface area contributed by atoms with E-state index in [2.05, 4.69) is 30.7 Å². The molecule has 1 aromatic carbocycles. The number of benzene rings is 1. The highest BCUT2D eigenvalue weighted by Gasteiger charge is 2.45. The first-order valence-electron chi connectivity index (χ1n) is 10.5. The molecule has 1 unspecified atom stereocenters. The quantitative estimate of drug-likeness (QED) is 0.412. The van der Waals surface area contributed by atoms with Gasteiger partial charge in [-0.05, 0) is 42.8 Å². The van der Waals surface area contributed by atoms with E-state index >= 15 is 0 Å². The minimum atomic E-state index is -0.645. The zero-order valence-corrected chi connectivity index (χ0v) is 17.8. The van der Waals surface area contributed by atoms with Crippen LogP contribution < -0.4 is 0 Å². The number of likely N-dealkylation sites (N-methyl/N-ethyl adjacent to an activating group) is 1. The van der Waals surface area contributed by atoms with Crippen LogP contribution in [0, 0.1) is 0 Å². The molecule has 0 aliphatic carbocycles. The fourth-order valence-electron chi connectivity index (χ4n) is 3.85. The Hall–Kier alpha value is -2.99. The average molecular weight is 408 g/mol. The maximum absolute atomic E-state index is 13.0. The third kappa shape index (κ3) is 4.28. The maximum atomic E-state index is 13.0. The predicted octanol–water partition coefficient (Wildman–Crippen LogP) is 3.41. The smallest absolute Gasteiger partial charge is 0.295 e. The van der Waals surface area contributed by atoms with E-state index in [9.17, 15) is 14.7 Å². The number of aliphatic hydroxyl groups excluding tert-OH is 1. The van der Waals surface area contributed by atoms with Crippen LogP contribution in [0.15, 0.2) is 54.4 Å². The fourth-order valence-corrected chi connectivity index (χ4v) is 3.85. The number of pyridine rings is 1. The Kier molecular flexibility index (Phi) is 7.00. The van der Waals surface area contributed by atoms with Crippen LogP contribution in [0.25, 0.3) is 5.76 Å². The minimum Gasteiger partial charge on any atom is -0.507 e. The second kappa shape index (κ2) is 9.67. The van der Waals surface area contributed by atoms with E-state index in [4.69, 9.17) is 0 Å². The Bertz CT molecular complexity index is 918. The van der Waals surface area contributed by atoms with Crippen molar-refractivity contribution in [3.63, 3.8) is 0 Å². The molecule has 6 nitrogen and oxygen atoms in total. The summed E-state index contributed by atoms with van der Waals surface area (Å²) in [5, 5.41) is 11.0. The minimum absolute atomic E-state index is 0.134. The van der Waals surface area contributed by atoms with E-state index in [0.717, 1.165) is 25.1 Å². The van der Waals surface area contributed by atoms with E-state index in [1.807, 2.05) is 24.3 Å². The highest BCUT2D eigenvalue weighted by Crippen LogP contribution is 2.39. The van der Waals surface area contributed by atoms with Crippen LogP contribution >= 0.6 is 0 Å². The molecule has 1 aliphatic heterocycles. The van der Waals surface area contributed by atoms with Crippen molar-refractivity contribution >= 4 is 17.4 Å². The third-order valence-corrected chi connectivity index (χ3v) is 5.75. The zero-order valence-electron chi connectivity index (χ0n) is 17.8. The van der Waals surface area contributed by atoms with Crippen LogP contribution in [-0.4, -0.2) is 57.8 Å². The summed E-state index contributed by atoms with van der Waals surface area (Å²) in [7, 11) is 0. The Morgan fingerprint density at radius 1 is 1.03 bits per heavy atom. The van der Waals surface area contributed by atoms with Crippen molar-refractivity contribution in [1.29, 1.82) is 0 Å². The van der Waals surface area contributed by atoms with Gasteiger partial charge in [-0.2, -0.15) is 0 Å². The molecule has 0 spiro atoms. The lowest BCUT2D eigenvalue weighted by Gasteiger charge is -2.28. The number of Topliss-reactive ketones (excluding diaryl/α,β-unsaturated/α-hetero) is 1. The molecule has 1 fully saturated rings. The first kappa shape index (κ1) is 21.7. The number of nitrogens with zero attached hydrogens (tertiary/aromatic N) is 3. The van der Waals surface area contributed by atoms with Gasteiger partial charge in [-0.3, -0.25) is 14.6 Å². The molecule has 1 saturated heterocycles. The largest absolute Gasteiger partial charge is 0.507 e. The number of ketones is 1. The summed E-state index contributed by atoms with van der Waals surface area (Å²) in [4.78, 5) is 33.7. The number of hydrogen-bond acceptors (Lipinski definition) is 5. The predicted molar refractivity (Wildman–Crippen MR) is 117 cm³/mol. The van der Waals surface area contributed by atoms with Crippen LogP contribution in [0.5, 0.6) is 0 Å². The lowest BCUT2D eigenvalue weighted by molar-refractivity contribution is -0.140. The Morgan fingerprint density at radius 3 is 2.23 bits per heavy atom. The van der Waals surface area contributed by atoms with Gasteiger partial charge in [0.25, 0.3) is 11.7 Å². The van der Waals surface area contributed by atoms with E-state index in [1.165, 1.54) is 5.56 Å². The maximum Gasteiger partial charge on any atom is 0.295 e. The first-order valence-corrected chi connectivity index (χ1v) is 10.5. The standard InChI is InChI=1S/C24H29N3O3/c1-4-17-7-9-18(10-8-17)21-20(22(28)19-11-13-25-14-12-19)23(29)24(30)27(21)16-15-26(5-2)6-3/h7-14,21,28H,4-6,15-16H2,1-3H3. The van der Waals surface area contributed by atoms with Crippen molar-refractivity contribution in [3.05, 3.63) is 71.1 Å². The summed E-state index contributed by atoms with van der Waals surface area (Å²) in [6, 6.07) is 10.6. The highest BCUT2D eigenvalue weighted by atomic mass is 16.3. The lowest BCUT2D eigenvalue weighted by atomic mass is 9.94. The molecule has 6 heteroatoms. The van der Waals surface area contributed by atoms with Gasteiger partial charge < -0.3 is 14.9 Å². The van der Waals surface area contributed by atoms with Gasteiger partial charge in [0.15, 0.2) is 0 Å². The van der Waals surface area contributed by atoms with Crippen LogP contribution in [0.1, 0.15) is 43.5 Å². The molecular weight excluding hydrogens is 378 g/mol. The summed E-state index contributed by atoms with van der Waals surface area (Å²) < 4.78 is 0. The summed E-state index contributed by atoms with van der Waals surface area (Å²) in [6.45, 7) is 9.04. The molecule has 0 saturated carbocycles. The summed E-state index contributed by atoms with van der Waals surface area (Å²) in [6.07, 6.45) is 4.01. The topological polar surface area (TPSA) is 73.7 Å². The first-order chi connectivity index (χ1) is 14.5. The van der Waals surface area contributed by atoms with Crippen molar-refractivity contribution in [1.82, 2.24) is 14.8 Å². The van der Waals surface area contributed by atoms with Gasteiger partial charge in [0.2, 0.25) is 0 Å². The lowest BCUT2D eigenvalue weighted by Crippen LogP contribution is -2.38. The number of amides is 1. The second-order valence-corrected chi connectivity index (χ2v) is 7.35. The Labute approximate surface area is 177 Å². The normalized spacial score (nSPS) is 18.4. The number of likely N-dealkylation sites (tertiary alicyclic amines) is 1. The van der Waals surface area contributed by atoms with Gasteiger partial charge >= 0.3 is 0 Å². The van der Waals surface area contributed by atoms with Gasteiger partial charge in [-0.25, -0.2) is 0 Å². The van der Waals surface area contributed by atoms with Crippen LogP contribution in [0.3, 0.4) is 0 Å². The van der Waals surface area contributed by atoms with Gasteiger partial charge in [0, 0.05) is 31.0 Å². The van der Waals surface area contributed by atoms with Crippen molar-refractivity contribution in [2.75, 3.05) is 26.2 Å². The second-order valence-electron chi connectivity index (χ2n) is 7.35. The van der Waals surface area contributed by atoms with Gasteiger partial charge in [0.05, 0.1) is 11.6 Å². The Morgan fingerprint density at radius 2 is 1.67 bits per heavy atom. The van der Waals surface area contributed by atoms with Crippen molar-refractivity contribution in [2.45, 2.75) is 33.2 Å². The zero-order chi connectivity index (χ0) is 21.7. The van der Waals surface area contributed by atoms with Crippen LogP contribution in [-0.2, 0) is 16.0 Å². The number of aliphatic hydroxyl groups is 1. The molecule has 1 N–H and O–H groups in total. The number of carbonyl (C=O) groups is 2. The summed E-state index contributed by atoms with van der Waals surface area (Å²) >= 11 is 0. The average Bonchev–Trinajstić information content (AvgIpc) is 3.04. The number of rotatable bonds is 8. The SMILES string of the molecule is CCc1ccc(C2C(=C(O)c3ccncc3)C(=O)C(=O)N2CCN(CC)CC)cc1. The van der Waals surface area contributed by atoms with Crippen LogP contribution in [0.4, 0.5) is 0 Å². The summed E-state index contributed by atoms with van der Waals surface area (Å²) in [5.74, 6) is -1.37. The molecule has 30 heavy (non-hydrogen) atoms. The van der Waals surface area contributed by atoms with Crippen molar-refractivity contribution in [3.8, 4) is 0 Å². The molecule has 1 atom stereocenters. The fraction of sp³-hybridized carbons (Fsp3) is 0.375. The molecule has 3 rings (SSSR count). The number of aryl methyl sites for hydroxylation is 1. The molecule has 0 radical (unpaired) electrons. The van der Waals surface area contributed by atoms with Crippen molar-refractivity contribution < 1.29 is 14.7 Å². The highest BCUT2D eigenvalue weighted by molar-refractivity contribution is 6.46. The number of hydrogen-bond donors (Lipinski definition) is 1. The van der Waals surface area contributed by atoms with E-state index < -0.39 is 17.7 Å². The molecule has 1 aromatic heterocycles. The number of aromatic nitrogens is 1. The molecule has 1 aliphatic rings. The molecule has 1 amide bonds.